The number of aromatic nitrogens is 2. The largest absolute Gasteiger partial charge is 0.490 e. The second-order valence-electron chi connectivity index (χ2n) is 15.0. The van der Waals surface area contributed by atoms with Crippen molar-refractivity contribution in [1.29, 1.82) is 0 Å². The van der Waals surface area contributed by atoms with E-state index in [9.17, 15) is 24.0 Å². The van der Waals surface area contributed by atoms with Gasteiger partial charge < -0.3 is 19.9 Å². The minimum Gasteiger partial charge on any atom is -0.490 e. The number of benzene rings is 2. The van der Waals surface area contributed by atoms with Crippen LogP contribution in [0.15, 0.2) is 48.8 Å². The Kier molecular flexibility index (Phi) is 10.6. The number of carbonyl (C=O) groups is 5. The molecule has 1 saturated carbocycles. The number of amides is 5. The Morgan fingerprint density at radius 1 is 0.839 bits per heavy atom. The maximum absolute atomic E-state index is 13.3. The Bertz CT molecular complexity index is 2080. The van der Waals surface area contributed by atoms with E-state index in [1.54, 1.807) is 42.7 Å². The smallest absolute Gasteiger partial charge is 0.262 e. The summed E-state index contributed by atoms with van der Waals surface area (Å²) in [5.74, 6) is -0.937. The highest BCUT2D eigenvalue weighted by Gasteiger charge is 2.45. The Balaban J connectivity index is 0.772. The van der Waals surface area contributed by atoms with Crippen molar-refractivity contribution in [2.45, 2.75) is 75.6 Å². The summed E-state index contributed by atoms with van der Waals surface area (Å²) in [5.41, 5.74) is 2.28. The van der Waals surface area contributed by atoms with Gasteiger partial charge in [0.05, 0.1) is 34.4 Å². The fraction of sp³-hybridized carbons (Fsp3) is 0.450. The van der Waals surface area contributed by atoms with Gasteiger partial charge in [-0.05, 0) is 75.3 Å². The number of rotatable bonds is 8. The molecule has 4 aliphatic heterocycles. The van der Waals surface area contributed by atoms with Gasteiger partial charge in [-0.15, -0.1) is 0 Å². The summed E-state index contributed by atoms with van der Waals surface area (Å²) in [5, 5.41) is 5.74. The van der Waals surface area contributed by atoms with E-state index >= 15 is 0 Å². The number of hydrogen-bond donors (Lipinski definition) is 2. The van der Waals surface area contributed by atoms with Crippen LogP contribution in [-0.2, 0) is 9.59 Å². The van der Waals surface area contributed by atoms with Crippen LogP contribution in [0, 0.1) is 6.57 Å². The van der Waals surface area contributed by atoms with Crippen molar-refractivity contribution in [3.63, 3.8) is 0 Å². The van der Waals surface area contributed by atoms with Crippen LogP contribution >= 0.6 is 11.6 Å². The lowest BCUT2D eigenvalue weighted by molar-refractivity contribution is -0.136. The third kappa shape index (κ3) is 7.63. The zero-order valence-corrected chi connectivity index (χ0v) is 31.5. The van der Waals surface area contributed by atoms with E-state index in [1.165, 1.54) is 0 Å². The number of halogens is 1. The molecule has 4 fully saturated rings. The second kappa shape index (κ2) is 15.9. The zero-order chi connectivity index (χ0) is 38.9. The van der Waals surface area contributed by atoms with Crippen molar-refractivity contribution < 1.29 is 28.7 Å². The van der Waals surface area contributed by atoms with Crippen LogP contribution in [0.25, 0.3) is 4.85 Å². The Hall–Kier alpha value is -5.59. The molecule has 2 aromatic carbocycles. The third-order valence-corrected chi connectivity index (χ3v) is 11.9. The lowest BCUT2D eigenvalue weighted by Gasteiger charge is -2.43. The molecule has 1 aromatic heterocycles. The van der Waals surface area contributed by atoms with Gasteiger partial charge in [0.2, 0.25) is 23.5 Å². The van der Waals surface area contributed by atoms with E-state index in [0.717, 1.165) is 88.4 Å². The molecular weight excluding hydrogens is 738 g/mol. The molecule has 1 atom stereocenters. The Morgan fingerprint density at radius 2 is 1.55 bits per heavy atom. The SMILES string of the molecule is [C-]#[N+]c1ccc(OC2CCC(NC(=O)c3cnc(N4CCN(C5CCN(c6ccc7c(c6)C(=O)N(C6CCC(=O)NC6=O)C7=O)CC5)CC4)nc3)CC2)cc1Cl. The summed E-state index contributed by atoms with van der Waals surface area (Å²) in [6, 6.07) is 9.87. The van der Waals surface area contributed by atoms with Crippen molar-refractivity contribution in [2.24, 2.45) is 0 Å². The van der Waals surface area contributed by atoms with E-state index in [0.29, 0.717) is 39.6 Å². The van der Waals surface area contributed by atoms with E-state index in [4.69, 9.17) is 22.9 Å². The van der Waals surface area contributed by atoms with Crippen LogP contribution in [-0.4, -0.2) is 113 Å². The van der Waals surface area contributed by atoms with Gasteiger partial charge in [-0.25, -0.2) is 14.8 Å². The fourth-order valence-corrected chi connectivity index (χ4v) is 8.68. The molecule has 5 aliphatic rings. The van der Waals surface area contributed by atoms with Crippen LogP contribution < -0.4 is 25.2 Å². The van der Waals surface area contributed by atoms with Crippen LogP contribution in [0.3, 0.4) is 0 Å². The van der Waals surface area contributed by atoms with Crippen LogP contribution in [0.4, 0.5) is 17.3 Å². The van der Waals surface area contributed by atoms with Gasteiger partial charge >= 0.3 is 0 Å². The molecule has 1 aliphatic carbocycles. The van der Waals surface area contributed by atoms with Gasteiger partial charge in [-0.3, -0.25) is 39.1 Å². The number of ether oxygens (including phenoxy) is 1. The number of anilines is 2. The lowest BCUT2D eigenvalue weighted by atomic mass is 9.92. The van der Waals surface area contributed by atoms with Crippen molar-refractivity contribution >= 4 is 58.5 Å². The number of piperidine rings is 2. The van der Waals surface area contributed by atoms with Gasteiger partial charge in [0.25, 0.3) is 17.7 Å². The van der Waals surface area contributed by atoms with Gasteiger partial charge in [0.15, 0.2) is 0 Å². The quantitative estimate of drug-likeness (QED) is 0.251. The highest BCUT2D eigenvalue weighted by molar-refractivity contribution is 6.33. The fourth-order valence-electron chi connectivity index (χ4n) is 8.47. The molecule has 2 N–H and O–H groups in total. The molecule has 8 rings (SSSR count). The first-order chi connectivity index (χ1) is 27.1. The standard InChI is InChI=1S/C40H42ClN9O6/c1-42-33-9-7-29(21-32(33)41)56-28-5-2-25(3-6-28)45-36(52)24-22-43-40(44-23-24)49-18-16-48(17-19-49)26-12-14-47(15-13-26)27-4-8-30-31(20-27)39(55)50(38(30)54)34-10-11-35(51)46-37(34)53/h4,7-9,20-23,25-26,28,34H,2-3,5-6,10-19H2,(H,45,52)(H,46,51,53). The first-order valence-electron chi connectivity index (χ1n) is 19.2. The van der Waals surface area contributed by atoms with Crippen molar-refractivity contribution in [1.82, 2.24) is 30.4 Å². The topological polar surface area (TPSA) is 162 Å². The number of carbonyl (C=O) groups excluding carboxylic acids is 5. The lowest BCUT2D eigenvalue weighted by Crippen LogP contribution is -2.54. The molecule has 290 valence electrons. The summed E-state index contributed by atoms with van der Waals surface area (Å²) < 4.78 is 6.08. The molecule has 0 radical (unpaired) electrons. The van der Waals surface area contributed by atoms with E-state index < -0.39 is 29.7 Å². The van der Waals surface area contributed by atoms with Gasteiger partial charge in [0.1, 0.15) is 11.8 Å². The Labute approximate surface area is 329 Å². The first kappa shape index (κ1) is 37.3. The van der Waals surface area contributed by atoms with Gasteiger partial charge in [-0.2, -0.15) is 0 Å². The van der Waals surface area contributed by atoms with Crippen LogP contribution in [0.5, 0.6) is 5.75 Å². The summed E-state index contributed by atoms with van der Waals surface area (Å²) >= 11 is 6.15. The maximum atomic E-state index is 13.3. The third-order valence-electron chi connectivity index (χ3n) is 11.6. The van der Waals surface area contributed by atoms with Crippen molar-refractivity contribution in [2.75, 3.05) is 49.1 Å². The molecule has 0 bridgehead atoms. The minimum absolute atomic E-state index is 0.0226. The average molecular weight is 780 g/mol. The monoisotopic (exact) mass is 779 g/mol. The van der Waals surface area contributed by atoms with E-state index in [2.05, 4.69) is 40.1 Å². The van der Waals surface area contributed by atoms with E-state index in [-0.39, 0.29) is 36.5 Å². The molecular formula is C40H42ClN9O6. The predicted molar refractivity (Wildman–Crippen MR) is 206 cm³/mol. The number of fused-ring (bicyclic) bond motifs is 1. The van der Waals surface area contributed by atoms with Crippen LogP contribution in [0.1, 0.15) is 82.4 Å². The molecule has 16 heteroatoms. The highest BCUT2D eigenvalue weighted by Crippen LogP contribution is 2.33. The van der Waals surface area contributed by atoms with Gasteiger partial charge in [-0.1, -0.05) is 17.7 Å². The first-order valence-corrected chi connectivity index (χ1v) is 19.6. The molecule has 1 unspecified atom stereocenters. The second-order valence-corrected chi connectivity index (χ2v) is 15.4. The summed E-state index contributed by atoms with van der Waals surface area (Å²) in [6.07, 6.45) is 8.50. The van der Waals surface area contributed by atoms with Crippen molar-refractivity contribution in [3.05, 3.63) is 81.9 Å². The molecule has 15 nitrogen and oxygen atoms in total. The Morgan fingerprint density at radius 3 is 2.23 bits per heavy atom. The predicted octanol–water partition coefficient (Wildman–Crippen LogP) is 3.99. The van der Waals surface area contributed by atoms with Crippen LogP contribution in [0.2, 0.25) is 5.02 Å². The minimum atomic E-state index is -0.981. The number of hydrogen-bond acceptors (Lipinski definition) is 11. The average Bonchev–Trinajstić information content (AvgIpc) is 3.46. The molecule has 56 heavy (non-hydrogen) atoms. The normalized spacial score (nSPS) is 23.4. The molecule has 3 saturated heterocycles. The molecule has 5 amide bonds. The summed E-state index contributed by atoms with van der Waals surface area (Å²) in [4.78, 5) is 83.9. The number of nitrogens with one attached hydrogen (secondary N) is 2. The summed E-state index contributed by atoms with van der Waals surface area (Å²) in [6.45, 7) is 12.0. The summed E-state index contributed by atoms with van der Waals surface area (Å²) in [7, 11) is 0. The molecule has 5 heterocycles. The van der Waals surface area contributed by atoms with Crippen molar-refractivity contribution in [3.8, 4) is 5.75 Å². The van der Waals surface area contributed by atoms with Gasteiger partial charge in [0, 0.05) is 75.9 Å². The maximum Gasteiger partial charge on any atom is 0.262 e. The highest BCUT2D eigenvalue weighted by atomic mass is 35.5. The molecule has 3 aromatic rings. The number of imide groups is 2. The zero-order valence-electron chi connectivity index (χ0n) is 30.8. The van der Waals surface area contributed by atoms with E-state index in [1.807, 2.05) is 6.07 Å². The molecule has 0 spiro atoms. The number of piperazine rings is 1. The number of nitrogens with zero attached hydrogens (tertiary/aromatic N) is 7.